The molecule has 0 spiro atoms. The van der Waals surface area contributed by atoms with Crippen LogP contribution in [0.15, 0.2) is 18.2 Å². The van der Waals surface area contributed by atoms with E-state index in [0.717, 1.165) is 11.0 Å². The number of nitrogens with zero attached hydrogens (tertiary/aromatic N) is 2. The molecule has 98 valence electrons. The molecule has 0 bridgehead atoms. The molecule has 0 amide bonds. The lowest BCUT2D eigenvalue weighted by molar-refractivity contribution is 0.568. The zero-order chi connectivity index (χ0) is 12.8. The predicted octanol–water partition coefficient (Wildman–Crippen LogP) is 4.42. The first-order chi connectivity index (χ1) is 8.83. The minimum absolute atomic E-state index is 0.570. The van der Waals surface area contributed by atoms with Crippen LogP contribution < -0.4 is 0 Å². The van der Waals surface area contributed by atoms with Gasteiger partial charge in [-0.3, -0.25) is 0 Å². The van der Waals surface area contributed by atoms with Crippen LogP contribution in [-0.2, 0) is 0 Å². The average molecular weight is 245 g/mol. The van der Waals surface area contributed by atoms with Crippen LogP contribution in [-0.4, -0.2) is 15.4 Å². The van der Waals surface area contributed by atoms with Gasteiger partial charge >= 0.3 is 0 Å². The van der Waals surface area contributed by atoms with E-state index in [1.54, 1.807) is 0 Å². The second-order valence-electron chi connectivity index (χ2n) is 5.14. The van der Waals surface area contributed by atoms with Gasteiger partial charge in [-0.1, -0.05) is 58.1 Å². The Labute approximate surface area is 109 Å². The molecule has 1 aromatic carbocycles. The molecule has 0 radical (unpaired) electrons. The molecule has 0 aliphatic rings. The molecular weight excluding hydrogens is 222 g/mol. The summed E-state index contributed by atoms with van der Waals surface area (Å²) in [6, 6.07) is 6.27. The van der Waals surface area contributed by atoms with Crippen molar-refractivity contribution in [1.82, 2.24) is 15.4 Å². The van der Waals surface area contributed by atoms with Gasteiger partial charge in [0.05, 0.1) is 0 Å². The summed E-state index contributed by atoms with van der Waals surface area (Å²) in [5.41, 5.74) is 3.35. The third-order valence-electron chi connectivity index (χ3n) is 3.65. The van der Waals surface area contributed by atoms with Crippen molar-refractivity contribution in [2.75, 3.05) is 0 Å². The first kappa shape index (κ1) is 13.1. The summed E-state index contributed by atoms with van der Waals surface area (Å²) in [5, 5.41) is 11.1. The molecule has 2 aromatic rings. The van der Waals surface area contributed by atoms with E-state index >= 15 is 0 Å². The molecular formula is C15H23N3. The molecule has 3 nitrogen and oxygen atoms in total. The van der Waals surface area contributed by atoms with E-state index in [1.165, 1.54) is 44.1 Å². The van der Waals surface area contributed by atoms with Crippen molar-refractivity contribution >= 4 is 11.0 Å². The van der Waals surface area contributed by atoms with Crippen molar-refractivity contribution in [3.05, 3.63) is 23.8 Å². The van der Waals surface area contributed by atoms with Gasteiger partial charge in [0.2, 0.25) is 0 Å². The van der Waals surface area contributed by atoms with Gasteiger partial charge < -0.3 is 0 Å². The van der Waals surface area contributed by atoms with Gasteiger partial charge in [-0.2, -0.15) is 15.4 Å². The first-order valence-corrected chi connectivity index (χ1v) is 7.12. The number of unbranched alkanes of at least 4 members (excludes halogenated alkanes) is 4. The van der Waals surface area contributed by atoms with Crippen LogP contribution in [0, 0.1) is 0 Å². The summed E-state index contributed by atoms with van der Waals surface area (Å²) in [4.78, 5) is 0. The summed E-state index contributed by atoms with van der Waals surface area (Å²) >= 11 is 0. The smallest absolute Gasteiger partial charge is 0.116 e. The van der Waals surface area contributed by atoms with Crippen LogP contribution in [0.5, 0.6) is 0 Å². The third kappa shape index (κ3) is 3.09. The fourth-order valence-corrected chi connectivity index (χ4v) is 2.50. The maximum Gasteiger partial charge on any atom is 0.116 e. The van der Waals surface area contributed by atoms with E-state index in [0.29, 0.717) is 5.92 Å². The van der Waals surface area contributed by atoms with E-state index < -0.39 is 0 Å². The van der Waals surface area contributed by atoms with Crippen LogP contribution in [0.2, 0.25) is 0 Å². The highest BCUT2D eigenvalue weighted by molar-refractivity contribution is 5.77. The Morgan fingerprint density at radius 2 is 1.94 bits per heavy atom. The largest absolute Gasteiger partial charge is 0.197 e. The molecule has 1 heterocycles. The molecule has 0 aliphatic carbocycles. The normalized spacial score (nSPS) is 13.0. The fourth-order valence-electron chi connectivity index (χ4n) is 2.50. The molecule has 3 heteroatoms. The minimum atomic E-state index is 0.570. The summed E-state index contributed by atoms with van der Waals surface area (Å²) in [6.45, 7) is 4.55. The van der Waals surface area contributed by atoms with E-state index in [1.807, 2.05) is 6.07 Å². The number of hydrogen-bond acceptors (Lipinski definition) is 2. The Morgan fingerprint density at radius 1 is 1.11 bits per heavy atom. The molecule has 1 N–H and O–H groups in total. The SMILES string of the molecule is CCCCCCCC(C)c1cccc2n[nH]nc12. The van der Waals surface area contributed by atoms with Gasteiger partial charge in [0.1, 0.15) is 11.0 Å². The second-order valence-corrected chi connectivity index (χ2v) is 5.14. The maximum absolute atomic E-state index is 4.26. The molecule has 1 atom stereocenters. The fraction of sp³-hybridized carbons (Fsp3) is 0.600. The van der Waals surface area contributed by atoms with Crippen LogP contribution in [0.25, 0.3) is 11.0 Å². The molecule has 0 aliphatic heterocycles. The Morgan fingerprint density at radius 3 is 2.78 bits per heavy atom. The van der Waals surface area contributed by atoms with Crippen LogP contribution in [0.3, 0.4) is 0 Å². The van der Waals surface area contributed by atoms with Crippen molar-refractivity contribution in [3.8, 4) is 0 Å². The zero-order valence-corrected chi connectivity index (χ0v) is 11.4. The molecule has 0 saturated heterocycles. The van der Waals surface area contributed by atoms with E-state index in [-0.39, 0.29) is 0 Å². The highest BCUT2D eigenvalue weighted by Gasteiger charge is 2.11. The van der Waals surface area contributed by atoms with Crippen molar-refractivity contribution in [2.45, 2.75) is 58.3 Å². The van der Waals surface area contributed by atoms with E-state index in [9.17, 15) is 0 Å². The Bertz CT molecular complexity index is 475. The van der Waals surface area contributed by atoms with Gasteiger partial charge in [0.15, 0.2) is 0 Å². The Kier molecular flexibility index (Phi) is 4.73. The standard InChI is InChI=1S/C15H23N3/c1-3-4-5-6-7-9-12(2)13-10-8-11-14-15(13)17-18-16-14/h8,10-12H,3-7,9H2,1-2H3,(H,16,17,18). The van der Waals surface area contributed by atoms with Gasteiger partial charge in [-0.05, 0) is 24.0 Å². The van der Waals surface area contributed by atoms with Crippen molar-refractivity contribution in [1.29, 1.82) is 0 Å². The van der Waals surface area contributed by atoms with E-state index in [2.05, 4.69) is 41.4 Å². The number of para-hydroxylation sites is 1. The molecule has 0 fully saturated rings. The van der Waals surface area contributed by atoms with Gasteiger partial charge in [0, 0.05) is 0 Å². The van der Waals surface area contributed by atoms with Crippen molar-refractivity contribution < 1.29 is 0 Å². The number of H-pyrrole nitrogens is 1. The minimum Gasteiger partial charge on any atom is -0.197 e. The van der Waals surface area contributed by atoms with Crippen LogP contribution >= 0.6 is 0 Å². The molecule has 1 unspecified atom stereocenters. The summed E-state index contributed by atoms with van der Waals surface area (Å²) in [6.07, 6.45) is 7.97. The van der Waals surface area contributed by atoms with Crippen molar-refractivity contribution in [3.63, 3.8) is 0 Å². The van der Waals surface area contributed by atoms with Gasteiger partial charge in [0.25, 0.3) is 0 Å². The lowest BCUT2D eigenvalue weighted by Crippen LogP contribution is -1.95. The second kappa shape index (κ2) is 6.53. The third-order valence-corrected chi connectivity index (χ3v) is 3.65. The number of fused-ring (bicyclic) bond motifs is 1. The van der Waals surface area contributed by atoms with E-state index in [4.69, 9.17) is 0 Å². The number of hydrogen-bond donors (Lipinski definition) is 1. The number of aromatic nitrogens is 3. The predicted molar refractivity (Wildman–Crippen MR) is 75.7 cm³/mol. The summed E-state index contributed by atoms with van der Waals surface area (Å²) < 4.78 is 0. The lowest BCUT2D eigenvalue weighted by atomic mass is 9.94. The molecule has 0 saturated carbocycles. The summed E-state index contributed by atoms with van der Waals surface area (Å²) in [7, 11) is 0. The van der Waals surface area contributed by atoms with Gasteiger partial charge in [-0.25, -0.2) is 0 Å². The van der Waals surface area contributed by atoms with Crippen LogP contribution in [0.1, 0.15) is 63.9 Å². The Balaban J connectivity index is 1.92. The first-order valence-electron chi connectivity index (χ1n) is 7.12. The van der Waals surface area contributed by atoms with Crippen molar-refractivity contribution in [2.24, 2.45) is 0 Å². The monoisotopic (exact) mass is 245 g/mol. The highest BCUT2D eigenvalue weighted by Crippen LogP contribution is 2.26. The quantitative estimate of drug-likeness (QED) is 0.733. The Hall–Kier alpha value is -1.38. The molecule has 2 rings (SSSR count). The number of rotatable bonds is 7. The zero-order valence-electron chi connectivity index (χ0n) is 11.4. The molecule has 1 aromatic heterocycles. The van der Waals surface area contributed by atoms with Crippen LogP contribution in [0.4, 0.5) is 0 Å². The van der Waals surface area contributed by atoms with Gasteiger partial charge in [-0.15, -0.1) is 0 Å². The lowest BCUT2D eigenvalue weighted by Gasteiger charge is -2.11. The highest BCUT2D eigenvalue weighted by atomic mass is 15.3. The number of nitrogens with one attached hydrogen (secondary N) is 1. The number of aromatic amines is 1. The maximum atomic E-state index is 4.26. The summed E-state index contributed by atoms with van der Waals surface area (Å²) in [5.74, 6) is 0.570. The molecule has 18 heavy (non-hydrogen) atoms. The average Bonchev–Trinajstić information content (AvgIpc) is 2.86. The topological polar surface area (TPSA) is 41.6 Å². The number of benzene rings is 1.